The number of aliphatic imine (C=N–C) groups is 1. The predicted octanol–water partition coefficient (Wildman–Crippen LogP) is 4.26. The van der Waals surface area contributed by atoms with Gasteiger partial charge in [-0.2, -0.15) is 0 Å². The zero-order valence-corrected chi connectivity index (χ0v) is 11.1. The lowest BCUT2D eigenvalue weighted by atomic mass is 10.2. The van der Waals surface area contributed by atoms with Crippen LogP contribution in [0.25, 0.3) is 5.03 Å². The fraction of sp³-hybridized carbons (Fsp3) is 0.100. The van der Waals surface area contributed by atoms with Gasteiger partial charge in [0.2, 0.25) is 0 Å². The summed E-state index contributed by atoms with van der Waals surface area (Å²) in [4.78, 5) is 4.07. The highest BCUT2D eigenvalue weighted by Crippen LogP contribution is 2.29. The molecular formula is C10H8Cl4N2. The van der Waals surface area contributed by atoms with E-state index in [9.17, 15) is 0 Å². The topological polar surface area (TPSA) is 38.4 Å². The maximum Gasteiger partial charge on any atom is 0.126 e. The molecule has 0 atom stereocenters. The quantitative estimate of drug-likeness (QED) is 0.505. The molecule has 6 heteroatoms. The molecule has 0 bridgehead atoms. The third-order valence-electron chi connectivity index (χ3n) is 1.68. The maximum atomic E-state index is 5.89. The summed E-state index contributed by atoms with van der Waals surface area (Å²) in [6, 6.07) is 7.03. The van der Waals surface area contributed by atoms with Gasteiger partial charge in [0.15, 0.2) is 0 Å². The Balaban J connectivity index is 3.10. The van der Waals surface area contributed by atoms with Crippen LogP contribution < -0.4 is 5.73 Å². The zero-order valence-electron chi connectivity index (χ0n) is 8.05. The van der Waals surface area contributed by atoms with Crippen molar-refractivity contribution in [2.75, 3.05) is 5.88 Å². The number of nitrogens with two attached hydrogens (primary N) is 1. The summed E-state index contributed by atoms with van der Waals surface area (Å²) >= 11 is 22.6. The van der Waals surface area contributed by atoms with Crippen molar-refractivity contribution in [1.82, 2.24) is 0 Å². The Kier molecular flexibility index (Phi) is 5.42. The van der Waals surface area contributed by atoms with E-state index < -0.39 is 0 Å². The van der Waals surface area contributed by atoms with E-state index in [-0.39, 0.29) is 15.4 Å². The van der Waals surface area contributed by atoms with Crippen LogP contribution in [0.3, 0.4) is 0 Å². The number of hydrogen-bond acceptors (Lipinski definition) is 1. The summed E-state index contributed by atoms with van der Waals surface area (Å²) < 4.78 is 0.00751. The lowest BCUT2D eigenvalue weighted by molar-refractivity contribution is 1.44. The maximum absolute atomic E-state index is 5.89. The van der Waals surface area contributed by atoms with Crippen LogP contribution in [0.15, 0.2) is 33.7 Å². The summed E-state index contributed by atoms with van der Waals surface area (Å²) in [5.74, 6) is 0.500. The smallest absolute Gasteiger partial charge is 0.126 e. The molecule has 16 heavy (non-hydrogen) atoms. The van der Waals surface area contributed by atoms with Gasteiger partial charge in [-0.25, -0.2) is 4.99 Å². The van der Waals surface area contributed by atoms with Gasteiger partial charge in [-0.3, -0.25) is 0 Å². The van der Waals surface area contributed by atoms with Gasteiger partial charge < -0.3 is 5.73 Å². The first kappa shape index (κ1) is 13.7. The van der Waals surface area contributed by atoms with E-state index in [0.29, 0.717) is 17.1 Å². The van der Waals surface area contributed by atoms with E-state index in [1.54, 1.807) is 24.3 Å². The van der Waals surface area contributed by atoms with Crippen LogP contribution in [0.4, 0.5) is 5.69 Å². The van der Waals surface area contributed by atoms with Gasteiger partial charge in [-0.15, -0.1) is 11.6 Å². The van der Waals surface area contributed by atoms with E-state index in [0.717, 1.165) is 0 Å². The summed E-state index contributed by atoms with van der Waals surface area (Å²) in [5.41, 5.74) is 6.83. The molecule has 0 radical (unpaired) electrons. The monoisotopic (exact) mass is 296 g/mol. The van der Waals surface area contributed by atoms with Gasteiger partial charge in [0.25, 0.3) is 0 Å². The van der Waals surface area contributed by atoms with E-state index in [2.05, 4.69) is 4.99 Å². The van der Waals surface area contributed by atoms with Crippen LogP contribution in [-0.4, -0.2) is 11.7 Å². The SMILES string of the molecule is NC(CCl)=Nc1cccc(C(Cl)=C(Cl)Cl)c1. The van der Waals surface area contributed by atoms with E-state index in [1.807, 2.05) is 0 Å². The molecule has 2 nitrogen and oxygen atoms in total. The minimum absolute atomic E-state index is 0.00751. The number of halogens is 4. The molecule has 0 saturated heterocycles. The third kappa shape index (κ3) is 3.87. The number of rotatable bonds is 3. The lowest BCUT2D eigenvalue weighted by Gasteiger charge is -2.01. The van der Waals surface area contributed by atoms with Gasteiger partial charge in [0.1, 0.15) is 10.3 Å². The number of amidine groups is 1. The molecule has 0 aliphatic rings. The molecule has 0 unspecified atom stereocenters. The minimum Gasteiger partial charge on any atom is -0.386 e. The van der Waals surface area contributed by atoms with Crippen LogP contribution in [0.5, 0.6) is 0 Å². The average molecular weight is 298 g/mol. The van der Waals surface area contributed by atoms with E-state index in [1.165, 1.54) is 0 Å². The van der Waals surface area contributed by atoms with Crippen molar-refractivity contribution in [2.45, 2.75) is 0 Å². The Bertz CT molecular complexity index is 436. The Morgan fingerprint density at radius 1 is 1.25 bits per heavy atom. The largest absolute Gasteiger partial charge is 0.386 e. The normalized spacial score (nSPS) is 11.4. The number of hydrogen-bond donors (Lipinski definition) is 1. The van der Waals surface area contributed by atoms with Crippen molar-refractivity contribution in [1.29, 1.82) is 0 Å². The number of alkyl halides is 1. The standard InChI is InChI=1S/C10H8Cl4N2/c11-5-8(15)16-7-3-1-2-6(4-7)9(12)10(13)14/h1-4H,5H2,(H2,15,16). The molecule has 86 valence electrons. The molecule has 0 amide bonds. The first-order valence-electron chi connectivity index (χ1n) is 4.25. The Hall–Kier alpha value is -0.410. The van der Waals surface area contributed by atoms with Gasteiger partial charge in [0, 0.05) is 0 Å². The van der Waals surface area contributed by atoms with Crippen molar-refractivity contribution >= 4 is 63.0 Å². The van der Waals surface area contributed by atoms with Crippen molar-refractivity contribution in [3.8, 4) is 0 Å². The van der Waals surface area contributed by atoms with Gasteiger partial charge in [0.05, 0.1) is 16.6 Å². The van der Waals surface area contributed by atoms with Crippen molar-refractivity contribution in [3.63, 3.8) is 0 Å². The van der Waals surface area contributed by atoms with Gasteiger partial charge in [-0.05, 0) is 17.7 Å². The predicted molar refractivity (Wildman–Crippen MR) is 72.9 cm³/mol. The lowest BCUT2D eigenvalue weighted by Crippen LogP contribution is -2.12. The van der Waals surface area contributed by atoms with Crippen LogP contribution >= 0.6 is 46.4 Å². The minimum atomic E-state index is 0.00751. The zero-order chi connectivity index (χ0) is 12.1. The summed E-state index contributed by atoms with van der Waals surface area (Å²) in [6.45, 7) is 0. The second-order valence-corrected chi connectivity index (χ2v) is 4.46. The molecule has 1 aromatic rings. The second kappa shape index (κ2) is 6.36. The summed E-state index contributed by atoms with van der Waals surface area (Å²) in [7, 11) is 0. The summed E-state index contributed by atoms with van der Waals surface area (Å²) in [6.07, 6.45) is 0. The Morgan fingerprint density at radius 3 is 2.50 bits per heavy atom. The van der Waals surface area contributed by atoms with Crippen LogP contribution in [-0.2, 0) is 0 Å². The average Bonchev–Trinajstić information content (AvgIpc) is 2.28. The highest BCUT2D eigenvalue weighted by molar-refractivity contribution is 6.66. The van der Waals surface area contributed by atoms with Gasteiger partial charge in [-0.1, -0.05) is 46.9 Å². The first-order chi connectivity index (χ1) is 7.54. The highest BCUT2D eigenvalue weighted by atomic mass is 35.5. The second-order valence-electron chi connectivity index (χ2n) is 2.86. The molecule has 0 spiro atoms. The van der Waals surface area contributed by atoms with E-state index in [4.69, 9.17) is 52.1 Å². The number of benzene rings is 1. The molecule has 0 heterocycles. The molecule has 0 aliphatic carbocycles. The molecule has 0 fully saturated rings. The van der Waals surface area contributed by atoms with Crippen molar-refractivity contribution in [2.24, 2.45) is 10.7 Å². The molecule has 0 aliphatic heterocycles. The molecular weight excluding hydrogens is 290 g/mol. The summed E-state index contributed by atoms with van der Waals surface area (Å²) in [5, 5.41) is 0.268. The fourth-order valence-corrected chi connectivity index (χ4v) is 1.41. The van der Waals surface area contributed by atoms with Crippen molar-refractivity contribution in [3.05, 3.63) is 34.3 Å². The van der Waals surface area contributed by atoms with Gasteiger partial charge >= 0.3 is 0 Å². The Morgan fingerprint density at radius 2 is 1.94 bits per heavy atom. The molecule has 0 aromatic heterocycles. The molecule has 1 aromatic carbocycles. The van der Waals surface area contributed by atoms with Crippen molar-refractivity contribution < 1.29 is 0 Å². The Labute approximate surface area is 114 Å². The number of nitrogens with zero attached hydrogens (tertiary/aromatic N) is 1. The third-order valence-corrected chi connectivity index (χ3v) is 2.93. The van der Waals surface area contributed by atoms with E-state index >= 15 is 0 Å². The van der Waals surface area contributed by atoms with Crippen LogP contribution in [0.1, 0.15) is 5.56 Å². The first-order valence-corrected chi connectivity index (χ1v) is 5.91. The van der Waals surface area contributed by atoms with Crippen LogP contribution in [0.2, 0.25) is 0 Å². The molecule has 2 N–H and O–H groups in total. The molecule has 0 saturated carbocycles. The molecule has 1 rings (SSSR count). The van der Waals surface area contributed by atoms with Crippen LogP contribution in [0, 0.1) is 0 Å². The highest BCUT2D eigenvalue weighted by Gasteiger charge is 2.03. The fourth-order valence-electron chi connectivity index (χ4n) is 1.02.